The van der Waals surface area contributed by atoms with Crippen molar-refractivity contribution in [3.8, 4) is 11.5 Å². The van der Waals surface area contributed by atoms with E-state index in [-0.39, 0.29) is 12.3 Å². The smallest absolute Gasteiger partial charge is 0.305 e. The van der Waals surface area contributed by atoms with Crippen LogP contribution < -0.4 is 14.8 Å². The van der Waals surface area contributed by atoms with Crippen LogP contribution in [-0.2, 0) is 4.79 Å². The van der Waals surface area contributed by atoms with Gasteiger partial charge in [-0.3, -0.25) is 9.59 Å². The van der Waals surface area contributed by atoms with Crippen LogP contribution in [0.4, 0.5) is 0 Å². The third-order valence-corrected chi connectivity index (χ3v) is 4.91. The molecule has 0 aromatic heterocycles. The summed E-state index contributed by atoms with van der Waals surface area (Å²) < 4.78 is 10.5. The van der Waals surface area contributed by atoms with Gasteiger partial charge >= 0.3 is 5.97 Å². The Morgan fingerprint density at radius 3 is 2.48 bits per heavy atom. The van der Waals surface area contributed by atoms with Gasteiger partial charge in [0.1, 0.15) is 11.5 Å². The quantitative estimate of drug-likeness (QED) is 0.670. The van der Waals surface area contributed by atoms with Crippen molar-refractivity contribution in [2.45, 2.75) is 24.3 Å². The largest absolute Gasteiger partial charge is 0.497 e. The number of rotatable bonds is 8. The Hall–Kier alpha value is -2.67. The predicted octanol–water partition coefficient (Wildman–Crippen LogP) is 3.68. The molecule has 0 aliphatic carbocycles. The molecule has 2 aromatic carbocycles. The van der Waals surface area contributed by atoms with Gasteiger partial charge in [-0.2, -0.15) is 0 Å². The van der Waals surface area contributed by atoms with Crippen molar-refractivity contribution in [1.29, 1.82) is 0 Å². The van der Waals surface area contributed by atoms with E-state index in [1.54, 1.807) is 24.3 Å². The molecule has 2 N–H and O–H groups in total. The van der Waals surface area contributed by atoms with Crippen molar-refractivity contribution in [3.05, 3.63) is 53.1 Å². The number of carbonyl (C=O) groups is 2. The van der Waals surface area contributed by atoms with Crippen molar-refractivity contribution in [2.75, 3.05) is 20.5 Å². The van der Waals surface area contributed by atoms with Crippen LogP contribution in [-0.4, -0.2) is 37.5 Å². The lowest BCUT2D eigenvalue weighted by molar-refractivity contribution is -0.137. The van der Waals surface area contributed by atoms with E-state index in [1.165, 1.54) is 26.0 Å². The minimum atomic E-state index is -1.02. The van der Waals surface area contributed by atoms with Gasteiger partial charge in [-0.1, -0.05) is 6.07 Å². The van der Waals surface area contributed by atoms with Crippen LogP contribution in [0, 0.1) is 6.92 Å². The first-order chi connectivity index (χ1) is 12.9. The molecule has 0 radical (unpaired) electrons. The van der Waals surface area contributed by atoms with E-state index >= 15 is 0 Å². The summed E-state index contributed by atoms with van der Waals surface area (Å²) >= 11 is 1.54. The van der Waals surface area contributed by atoms with Crippen molar-refractivity contribution in [3.63, 3.8) is 0 Å². The number of benzene rings is 2. The number of ether oxygens (including phenoxy) is 2. The fourth-order valence-corrected chi connectivity index (χ4v) is 3.17. The van der Waals surface area contributed by atoms with Gasteiger partial charge in [0.15, 0.2) is 0 Å². The van der Waals surface area contributed by atoms with Gasteiger partial charge in [-0.15, -0.1) is 11.8 Å². The van der Waals surface area contributed by atoms with Crippen molar-refractivity contribution in [1.82, 2.24) is 5.32 Å². The Labute approximate surface area is 162 Å². The molecule has 1 unspecified atom stereocenters. The highest BCUT2D eigenvalue weighted by atomic mass is 32.2. The van der Waals surface area contributed by atoms with Crippen molar-refractivity contribution < 1.29 is 24.2 Å². The molecule has 0 saturated heterocycles. The number of hydrogen-bond donors (Lipinski definition) is 2. The molecule has 0 saturated carbocycles. The van der Waals surface area contributed by atoms with Crippen LogP contribution in [0.2, 0.25) is 0 Å². The average Bonchev–Trinajstić information content (AvgIpc) is 2.66. The van der Waals surface area contributed by atoms with E-state index in [0.29, 0.717) is 22.6 Å². The van der Waals surface area contributed by atoms with E-state index in [9.17, 15) is 14.7 Å². The summed E-state index contributed by atoms with van der Waals surface area (Å²) in [4.78, 5) is 25.2. The van der Waals surface area contributed by atoms with Crippen molar-refractivity contribution >= 4 is 23.6 Å². The average molecular weight is 389 g/mol. The highest BCUT2D eigenvalue weighted by molar-refractivity contribution is 7.98. The maximum atomic E-state index is 12.8. The maximum Gasteiger partial charge on any atom is 0.305 e. The first-order valence-electron chi connectivity index (χ1n) is 8.28. The molecule has 144 valence electrons. The second-order valence-corrected chi connectivity index (χ2v) is 6.79. The molecular formula is C20H23NO5S. The standard InChI is InChI=1S/C20H23NO5S/c1-12-5-7-14(27-4)10-16(12)20(24)21-17(11-19(22)23)15-8-6-13(25-2)9-18(15)26-3/h5-10,17H,11H2,1-4H3,(H,21,24)(H,22,23). The molecule has 0 fully saturated rings. The minimum absolute atomic E-state index is 0.268. The van der Waals surface area contributed by atoms with E-state index < -0.39 is 12.0 Å². The molecule has 1 atom stereocenters. The zero-order valence-corrected chi connectivity index (χ0v) is 16.6. The molecule has 0 heterocycles. The normalized spacial score (nSPS) is 11.6. The van der Waals surface area contributed by atoms with Crippen molar-refractivity contribution in [2.24, 2.45) is 0 Å². The monoisotopic (exact) mass is 389 g/mol. The summed E-state index contributed by atoms with van der Waals surface area (Å²) in [6.07, 6.45) is 1.66. The van der Waals surface area contributed by atoms with Gasteiger partial charge in [0.2, 0.25) is 0 Å². The number of carboxylic acid groups (broad SMARTS) is 1. The van der Waals surface area contributed by atoms with Crippen LogP contribution in [0.1, 0.15) is 33.9 Å². The number of aliphatic carboxylic acids is 1. The molecule has 0 aliphatic rings. The topological polar surface area (TPSA) is 84.9 Å². The number of nitrogens with one attached hydrogen (secondary N) is 1. The lowest BCUT2D eigenvalue weighted by Crippen LogP contribution is -2.31. The number of carboxylic acids is 1. The summed E-state index contributed by atoms with van der Waals surface area (Å²) in [6, 6.07) is 9.95. The molecule has 1 amide bonds. The lowest BCUT2D eigenvalue weighted by Gasteiger charge is -2.21. The molecule has 27 heavy (non-hydrogen) atoms. The first kappa shape index (κ1) is 20.6. The van der Waals surface area contributed by atoms with E-state index in [1.807, 2.05) is 25.3 Å². The van der Waals surface area contributed by atoms with E-state index in [4.69, 9.17) is 9.47 Å². The van der Waals surface area contributed by atoms with Gasteiger partial charge in [0, 0.05) is 22.1 Å². The lowest BCUT2D eigenvalue weighted by atomic mass is 10.0. The first-order valence-corrected chi connectivity index (χ1v) is 9.51. The number of amides is 1. The van der Waals surface area contributed by atoms with Gasteiger partial charge in [0.05, 0.1) is 26.7 Å². The second kappa shape index (κ2) is 9.32. The number of hydrogen-bond acceptors (Lipinski definition) is 5. The van der Waals surface area contributed by atoms with Crippen LogP contribution in [0.15, 0.2) is 41.3 Å². The zero-order chi connectivity index (χ0) is 20.0. The SMILES string of the molecule is COc1ccc(C(CC(=O)O)NC(=O)c2cc(SC)ccc2C)c(OC)c1. The van der Waals surface area contributed by atoms with Gasteiger partial charge in [0.25, 0.3) is 5.91 Å². The maximum absolute atomic E-state index is 12.8. The molecule has 0 spiro atoms. The molecule has 2 aromatic rings. The van der Waals surface area contributed by atoms with Crippen LogP contribution in [0.5, 0.6) is 11.5 Å². The molecular weight excluding hydrogens is 366 g/mol. The van der Waals surface area contributed by atoms with Gasteiger partial charge in [-0.25, -0.2) is 0 Å². The second-order valence-electron chi connectivity index (χ2n) is 5.91. The summed E-state index contributed by atoms with van der Waals surface area (Å²) in [5, 5.41) is 12.1. The summed E-state index contributed by atoms with van der Waals surface area (Å²) in [6.45, 7) is 1.85. The van der Waals surface area contributed by atoms with Crippen LogP contribution in [0.25, 0.3) is 0 Å². The van der Waals surface area contributed by atoms with Gasteiger partial charge < -0.3 is 19.9 Å². The number of thioether (sulfide) groups is 1. The Kier molecular flexibility index (Phi) is 7.12. The van der Waals surface area contributed by atoms with E-state index in [0.717, 1.165) is 10.5 Å². The highest BCUT2D eigenvalue weighted by Gasteiger charge is 2.23. The Morgan fingerprint density at radius 2 is 1.89 bits per heavy atom. The molecule has 6 nitrogen and oxygen atoms in total. The third kappa shape index (κ3) is 5.17. The predicted molar refractivity (Wildman–Crippen MR) is 105 cm³/mol. The fourth-order valence-electron chi connectivity index (χ4n) is 2.73. The summed E-state index contributed by atoms with van der Waals surface area (Å²) in [5.41, 5.74) is 1.92. The third-order valence-electron chi connectivity index (χ3n) is 4.19. The summed E-state index contributed by atoms with van der Waals surface area (Å²) in [7, 11) is 3.02. The van der Waals surface area contributed by atoms with Crippen LogP contribution >= 0.6 is 11.8 Å². The Bertz CT molecular complexity index is 837. The molecule has 7 heteroatoms. The Balaban J connectivity index is 2.38. The highest BCUT2D eigenvalue weighted by Crippen LogP contribution is 2.31. The minimum Gasteiger partial charge on any atom is -0.497 e. The number of aryl methyl sites for hydroxylation is 1. The van der Waals surface area contributed by atoms with E-state index in [2.05, 4.69) is 5.32 Å². The molecule has 0 bridgehead atoms. The van der Waals surface area contributed by atoms with Crippen LogP contribution in [0.3, 0.4) is 0 Å². The Morgan fingerprint density at radius 1 is 1.15 bits per heavy atom. The molecule has 2 rings (SSSR count). The fraction of sp³-hybridized carbons (Fsp3) is 0.300. The number of carbonyl (C=O) groups excluding carboxylic acids is 1. The molecule has 0 aliphatic heterocycles. The number of methoxy groups -OCH3 is 2. The van der Waals surface area contributed by atoms with Gasteiger partial charge in [-0.05, 0) is 43.0 Å². The summed E-state index contributed by atoms with van der Waals surface area (Å²) in [5.74, 6) is -0.310. The zero-order valence-electron chi connectivity index (χ0n) is 15.7.